The molecule has 0 saturated heterocycles. The van der Waals surface area contributed by atoms with Crippen molar-refractivity contribution < 1.29 is 5.11 Å². The largest absolute Gasteiger partial charge is 0.386 e. The predicted molar refractivity (Wildman–Crippen MR) is 73.4 cm³/mol. The first-order chi connectivity index (χ1) is 8.49. The quantitative estimate of drug-likeness (QED) is 0.934. The number of benzene rings is 1. The van der Waals surface area contributed by atoms with Crippen LogP contribution in [0.5, 0.6) is 0 Å². The molecule has 1 heterocycles. The van der Waals surface area contributed by atoms with Gasteiger partial charge in [0.1, 0.15) is 11.3 Å². The van der Waals surface area contributed by atoms with Gasteiger partial charge in [-0.3, -0.25) is 4.68 Å². The molecule has 0 fully saturated rings. The van der Waals surface area contributed by atoms with Crippen LogP contribution in [0.25, 0.3) is 0 Å². The van der Waals surface area contributed by atoms with Gasteiger partial charge in [0.25, 0.3) is 0 Å². The first kappa shape index (κ1) is 13.7. The maximum absolute atomic E-state index is 10.2. The minimum absolute atomic E-state index is 0.204. The van der Waals surface area contributed by atoms with Gasteiger partial charge >= 0.3 is 0 Å². The molecule has 0 spiro atoms. The Morgan fingerprint density at radius 2 is 1.89 bits per heavy atom. The smallest absolute Gasteiger partial charge is 0.127 e. The molecule has 2 rings (SSSR count). The predicted octanol–water partition coefficient (Wildman–Crippen LogP) is 3.89. The highest BCUT2D eigenvalue weighted by atomic mass is 35.5. The van der Waals surface area contributed by atoms with Crippen LogP contribution in [0, 0.1) is 6.92 Å². The van der Waals surface area contributed by atoms with E-state index < -0.39 is 6.10 Å². The van der Waals surface area contributed by atoms with Crippen molar-refractivity contribution in [3.63, 3.8) is 0 Å². The first-order valence-electron chi connectivity index (χ1n) is 5.31. The van der Waals surface area contributed by atoms with E-state index in [9.17, 15) is 5.11 Å². The summed E-state index contributed by atoms with van der Waals surface area (Å²) < 4.78 is 1.52. The second-order valence-electron chi connectivity index (χ2n) is 3.94. The van der Waals surface area contributed by atoms with Crippen molar-refractivity contribution in [1.82, 2.24) is 9.78 Å². The van der Waals surface area contributed by atoms with Crippen LogP contribution in [-0.2, 0) is 6.54 Å². The van der Waals surface area contributed by atoms with E-state index in [1.807, 2.05) is 6.92 Å². The standard InChI is InChI=1S/C12H11Cl3N2O/c1-7-5-11(15)17(16-7)6-10(18)12-8(13)3-2-4-9(12)14/h2-5,10,18H,6H2,1H3/t10-/m1/s1. The zero-order valence-corrected chi connectivity index (χ0v) is 11.8. The number of hydrogen-bond donors (Lipinski definition) is 1. The van der Waals surface area contributed by atoms with Crippen LogP contribution in [0.15, 0.2) is 24.3 Å². The second kappa shape index (κ2) is 5.49. The number of aliphatic hydroxyl groups is 1. The van der Waals surface area contributed by atoms with Gasteiger partial charge in [0.2, 0.25) is 0 Å². The zero-order chi connectivity index (χ0) is 13.3. The van der Waals surface area contributed by atoms with E-state index in [1.165, 1.54) is 4.68 Å². The molecule has 2 aromatic rings. The highest BCUT2D eigenvalue weighted by Crippen LogP contribution is 2.31. The van der Waals surface area contributed by atoms with E-state index in [0.717, 1.165) is 5.69 Å². The molecule has 6 heteroatoms. The monoisotopic (exact) mass is 304 g/mol. The van der Waals surface area contributed by atoms with Gasteiger partial charge in [-0.05, 0) is 25.1 Å². The summed E-state index contributed by atoms with van der Waals surface area (Å²) in [5, 5.41) is 15.7. The summed E-state index contributed by atoms with van der Waals surface area (Å²) in [6, 6.07) is 6.82. The third-order valence-electron chi connectivity index (χ3n) is 2.53. The van der Waals surface area contributed by atoms with Gasteiger partial charge in [0.15, 0.2) is 0 Å². The van der Waals surface area contributed by atoms with Crippen LogP contribution < -0.4 is 0 Å². The van der Waals surface area contributed by atoms with Gasteiger partial charge in [0, 0.05) is 15.6 Å². The van der Waals surface area contributed by atoms with E-state index >= 15 is 0 Å². The number of aryl methyl sites for hydroxylation is 1. The molecule has 0 aliphatic heterocycles. The summed E-state index contributed by atoms with van der Waals surface area (Å²) >= 11 is 18.0. The van der Waals surface area contributed by atoms with Crippen molar-refractivity contribution >= 4 is 34.8 Å². The third-order valence-corrected chi connectivity index (χ3v) is 3.50. The zero-order valence-electron chi connectivity index (χ0n) is 9.57. The lowest BCUT2D eigenvalue weighted by atomic mass is 10.1. The molecule has 0 bridgehead atoms. The minimum Gasteiger partial charge on any atom is -0.386 e. The van der Waals surface area contributed by atoms with Crippen molar-refractivity contribution in [2.45, 2.75) is 19.6 Å². The average molecular weight is 306 g/mol. The van der Waals surface area contributed by atoms with Crippen LogP contribution in [-0.4, -0.2) is 14.9 Å². The van der Waals surface area contributed by atoms with Crippen LogP contribution in [0.3, 0.4) is 0 Å². The fourth-order valence-corrected chi connectivity index (χ4v) is 2.64. The van der Waals surface area contributed by atoms with E-state index in [0.29, 0.717) is 20.8 Å². The molecule has 0 unspecified atom stereocenters. The lowest BCUT2D eigenvalue weighted by molar-refractivity contribution is 0.151. The van der Waals surface area contributed by atoms with Crippen molar-refractivity contribution in [2.24, 2.45) is 0 Å². The first-order valence-corrected chi connectivity index (χ1v) is 6.44. The fraction of sp³-hybridized carbons (Fsp3) is 0.250. The van der Waals surface area contributed by atoms with Crippen molar-refractivity contribution in [3.8, 4) is 0 Å². The molecule has 3 nitrogen and oxygen atoms in total. The molecule has 0 radical (unpaired) electrons. The Labute approximate surface area is 120 Å². The number of aliphatic hydroxyl groups excluding tert-OH is 1. The summed E-state index contributed by atoms with van der Waals surface area (Å²) in [5.41, 5.74) is 1.28. The number of aromatic nitrogens is 2. The van der Waals surface area contributed by atoms with E-state index in [2.05, 4.69) is 5.10 Å². The Hall–Kier alpha value is -0.740. The van der Waals surface area contributed by atoms with Crippen LogP contribution >= 0.6 is 34.8 Å². The molecule has 0 aliphatic rings. The summed E-state index contributed by atoms with van der Waals surface area (Å²) in [7, 11) is 0. The van der Waals surface area contributed by atoms with Crippen LogP contribution in [0.4, 0.5) is 0 Å². The van der Waals surface area contributed by atoms with Gasteiger partial charge in [-0.1, -0.05) is 40.9 Å². The molecule has 0 saturated carbocycles. The molecule has 1 N–H and O–H groups in total. The number of rotatable bonds is 3. The Kier molecular flexibility index (Phi) is 4.17. The molecule has 1 aromatic carbocycles. The molecule has 1 atom stereocenters. The number of hydrogen-bond acceptors (Lipinski definition) is 2. The van der Waals surface area contributed by atoms with Gasteiger partial charge < -0.3 is 5.11 Å². The van der Waals surface area contributed by atoms with Crippen molar-refractivity contribution in [2.75, 3.05) is 0 Å². The highest BCUT2D eigenvalue weighted by molar-refractivity contribution is 6.36. The fourth-order valence-electron chi connectivity index (χ4n) is 1.73. The van der Waals surface area contributed by atoms with E-state index in [4.69, 9.17) is 34.8 Å². The molecule has 0 amide bonds. The van der Waals surface area contributed by atoms with Gasteiger partial charge in [0.05, 0.1) is 12.2 Å². The average Bonchev–Trinajstić information content (AvgIpc) is 2.57. The Morgan fingerprint density at radius 1 is 1.28 bits per heavy atom. The van der Waals surface area contributed by atoms with Gasteiger partial charge in [-0.2, -0.15) is 5.10 Å². The normalized spacial score (nSPS) is 12.7. The summed E-state index contributed by atoms with van der Waals surface area (Å²) in [6.07, 6.45) is -0.858. The van der Waals surface area contributed by atoms with Crippen LogP contribution in [0.1, 0.15) is 17.4 Å². The van der Waals surface area contributed by atoms with Gasteiger partial charge in [-0.15, -0.1) is 0 Å². The molecule has 0 aliphatic carbocycles. The lowest BCUT2D eigenvalue weighted by Crippen LogP contribution is -2.11. The summed E-state index contributed by atoms with van der Waals surface area (Å²) in [4.78, 5) is 0. The molecule has 1 aromatic heterocycles. The molecular formula is C12H11Cl3N2O. The highest BCUT2D eigenvalue weighted by Gasteiger charge is 2.17. The maximum Gasteiger partial charge on any atom is 0.127 e. The second-order valence-corrected chi connectivity index (χ2v) is 5.14. The van der Waals surface area contributed by atoms with Gasteiger partial charge in [-0.25, -0.2) is 0 Å². The third kappa shape index (κ3) is 2.81. The molecule has 96 valence electrons. The number of nitrogens with zero attached hydrogens (tertiary/aromatic N) is 2. The molecule has 18 heavy (non-hydrogen) atoms. The SMILES string of the molecule is Cc1cc(Cl)n(C[C@@H](O)c2c(Cl)cccc2Cl)n1. The van der Waals surface area contributed by atoms with E-state index in [1.54, 1.807) is 24.3 Å². The minimum atomic E-state index is -0.858. The maximum atomic E-state index is 10.2. The topological polar surface area (TPSA) is 38.0 Å². The summed E-state index contributed by atoms with van der Waals surface area (Å²) in [6.45, 7) is 2.04. The van der Waals surface area contributed by atoms with Crippen LogP contribution in [0.2, 0.25) is 15.2 Å². The number of halogens is 3. The van der Waals surface area contributed by atoms with Crippen molar-refractivity contribution in [3.05, 3.63) is 50.7 Å². The van der Waals surface area contributed by atoms with E-state index in [-0.39, 0.29) is 6.54 Å². The lowest BCUT2D eigenvalue weighted by Gasteiger charge is -2.15. The Balaban J connectivity index is 2.27. The Bertz CT molecular complexity index is 548. The molecular weight excluding hydrogens is 295 g/mol. The Morgan fingerprint density at radius 3 is 2.39 bits per heavy atom. The summed E-state index contributed by atoms with van der Waals surface area (Å²) in [5.74, 6) is 0. The van der Waals surface area contributed by atoms with Crippen molar-refractivity contribution in [1.29, 1.82) is 0 Å².